The van der Waals surface area contributed by atoms with Crippen molar-refractivity contribution in [2.75, 3.05) is 14.2 Å². The highest BCUT2D eigenvalue weighted by Crippen LogP contribution is 2.51. The third-order valence-corrected chi connectivity index (χ3v) is 5.46. The van der Waals surface area contributed by atoms with Crippen LogP contribution in [0.1, 0.15) is 42.7 Å². The molecule has 5 nitrogen and oxygen atoms in total. The van der Waals surface area contributed by atoms with Gasteiger partial charge in [0.25, 0.3) is 5.91 Å². The number of carbonyl (C=O) groups excluding carboxylic acids is 1. The lowest BCUT2D eigenvalue weighted by atomic mass is 9.56. The summed E-state index contributed by atoms with van der Waals surface area (Å²) in [4.78, 5) is 16.5. The van der Waals surface area contributed by atoms with Gasteiger partial charge in [0.05, 0.1) is 12.2 Å². The molecule has 1 aromatic heterocycles. The standard InChI is InChI=1S/C14H22N2O3S/c1-13(2)10(6-14(13,3)19-5)16-12(17)9-8-20-11(15-9)7-18-4/h8,10H,6-7H2,1-5H3,(H,16,17)/t10-,14-/m0/s1. The molecule has 112 valence electrons. The van der Waals surface area contributed by atoms with Crippen molar-refractivity contribution in [2.45, 2.75) is 45.4 Å². The molecule has 2 atom stereocenters. The van der Waals surface area contributed by atoms with E-state index < -0.39 is 0 Å². The topological polar surface area (TPSA) is 60.5 Å². The Labute approximate surface area is 123 Å². The van der Waals surface area contributed by atoms with E-state index in [4.69, 9.17) is 9.47 Å². The van der Waals surface area contributed by atoms with Crippen LogP contribution in [-0.2, 0) is 16.1 Å². The Balaban J connectivity index is 1.99. The molecule has 1 aliphatic carbocycles. The summed E-state index contributed by atoms with van der Waals surface area (Å²) in [7, 11) is 3.33. The van der Waals surface area contributed by atoms with E-state index in [1.165, 1.54) is 11.3 Å². The Morgan fingerprint density at radius 3 is 2.75 bits per heavy atom. The van der Waals surface area contributed by atoms with E-state index in [9.17, 15) is 4.79 Å². The lowest BCUT2D eigenvalue weighted by Gasteiger charge is -2.59. The van der Waals surface area contributed by atoms with Crippen molar-refractivity contribution in [1.29, 1.82) is 0 Å². The molecular formula is C14H22N2O3S. The zero-order valence-corrected chi connectivity index (χ0v) is 13.5. The third kappa shape index (κ3) is 2.47. The van der Waals surface area contributed by atoms with Crippen LogP contribution in [0.15, 0.2) is 5.38 Å². The summed E-state index contributed by atoms with van der Waals surface area (Å²) < 4.78 is 10.6. The Morgan fingerprint density at radius 1 is 1.50 bits per heavy atom. The molecule has 0 spiro atoms. The first-order valence-electron chi connectivity index (χ1n) is 6.63. The molecule has 2 rings (SSSR count). The molecule has 1 aliphatic rings. The summed E-state index contributed by atoms with van der Waals surface area (Å²) in [6.45, 7) is 6.74. The molecular weight excluding hydrogens is 276 g/mol. The predicted octanol–water partition coefficient (Wildman–Crippen LogP) is 2.22. The highest BCUT2D eigenvalue weighted by Gasteiger charge is 2.58. The molecule has 0 aliphatic heterocycles. The Morgan fingerprint density at radius 2 is 2.20 bits per heavy atom. The van der Waals surface area contributed by atoms with Gasteiger partial charge in [0.15, 0.2) is 0 Å². The van der Waals surface area contributed by atoms with E-state index in [0.717, 1.165) is 11.4 Å². The average Bonchev–Trinajstić information content (AvgIpc) is 2.87. The first-order chi connectivity index (χ1) is 9.34. The Kier molecular flexibility index (Phi) is 4.18. The molecule has 0 radical (unpaired) electrons. The van der Waals surface area contributed by atoms with Gasteiger partial charge in [-0.3, -0.25) is 4.79 Å². The average molecular weight is 298 g/mol. The van der Waals surface area contributed by atoms with Crippen LogP contribution in [0.3, 0.4) is 0 Å². The number of methoxy groups -OCH3 is 2. The summed E-state index contributed by atoms with van der Waals surface area (Å²) in [5.41, 5.74) is 0.181. The van der Waals surface area contributed by atoms with Crippen LogP contribution < -0.4 is 5.32 Å². The van der Waals surface area contributed by atoms with Gasteiger partial charge in [-0.1, -0.05) is 13.8 Å². The summed E-state index contributed by atoms with van der Waals surface area (Å²) in [6.07, 6.45) is 0.817. The number of aromatic nitrogens is 1. The van der Waals surface area contributed by atoms with Crippen LogP contribution in [0.2, 0.25) is 0 Å². The molecule has 20 heavy (non-hydrogen) atoms. The first-order valence-corrected chi connectivity index (χ1v) is 7.51. The third-order valence-electron chi connectivity index (χ3n) is 4.64. The van der Waals surface area contributed by atoms with E-state index in [0.29, 0.717) is 12.3 Å². The van der Waals surface area contributed by atoms with Gasteiger partial charge in [-0.15, -0.1) is 11.3 Å². The maximum Gasteiger partial charge on any atom is 0.271 e. The maximum absolute atomic E-state index is 12.2. The molecule has 1 fully saturated rings. The number of nitrogens with one attached hydrogen (secondary N) is 1. The Hall–Kier alpha value is -0.980. The highest BCUT2D eigenvalue weighted by atomic mass is 32.1. The fourth-order valence-electron chi connectivity index (χ4n) is 2.56. The van der Waals surface area contributed by atoms with Gasteiger partial charge in [-0.25, -0.2) is 4.98 Å². The van der Waals surface area contributed by atoms with Gasteiger partial charge in [0.1, 0.15) is 10.7 Å². The number of thiazole rings is 1. The molecule has 0 bridgehead atoms. The van der Waals surface area contributed by atoms with E-state index in [-0.39, 0.29) is 23.0 Å². The molecule has 1 heterocycles. The number of amides is 1. The van der Waals surface area contributed by atoms with E-state index in [1.54, 1.807) is 19.6 Å². The number of ether oxygens (including phenoxy) is 2. The van der Waals surface area contributed by atoms with Crippen molar-refractivity contribution >= 4 is 17.2 Å². The van der Waals surface area contributed by atoms with E-state index >= 15 is 0 Å². The van der Waals surface area contributed by atoms with Crippen molar-refractivity contribution < 1.29 is 14.3 Å². The van der Waals surface area contributed by atoms with Crippen molar-refractivity contribution in [3.63, 3.8) is 0 Å². The molecule has 1 aromatic rings. The highest BCUT2D eigenvalue weighted by molar-refractivity contribution is 7.09. The van der Waals surface area contributed by atoms with Gasteiger partial charge in [0.2, 0.25) is 0 Å². The molecule has 0 unspecified atom stereocenters. The van der Waals surface area contributed by atoms with Crippen LogP contribution in [0, 0.1) is 5.41 Å². The normalized spacial score (nSPS) is 27.9. The van der Waals surface area contributed by atoms with Crippen LogP contribution in [0.25, 0.3) is 0 Å². The molecule has 0 aromatic carbocycles. The molecule has 1 amide bonds. The van der Waals surface area contributed by atoms with Gasteiger partial charge in [-0.2, -0.15) is 0 Å². The molecule has 6 heteroatoms. The summed E-state index contributed by atoms with van der Waals surface area (Å²) in [6, 6.07) is 0.104. The predicted molar refractivity (Wildman–Crippen MR) is 77.9 cm³/mol. The number of nitrogens with zero attached hydrogens (tertiary/aromatic N) is 1. The minimum Gasteiger partial charge on any atom is -0.378 e. The fourth-order valence-corrected chi connectivity index (χ4v) is 3.30. The van der Waals surface area contributed by atoms with Crippen molar-refractivity contribution in [3.8, 4) is 0 Å². The van der Waals surface area contributed by atoms with E-state index in [1.807, 2.05) is 0 Å². The molecule has 1 N–H and O–H groups in total. The minimum atomic E-state index is -0.186. The number of hydrogen-bond donors (Lipinski definition) is 1. The van der Waals surface area contributed by atoms with Crippen LogP contribution in [0.5, 0.6) is 0 Å². The smallest absolute Gasteiger partial charge is 0.271 e. The second kappa shape index (κ2) is 5.42. The minimum absolute atomic E-state index is 0.0945. The lowest BCUT2D eigenvalue weighted by Crippen LogP contribution is -2.68. The van der Waals surface area contributed by atoms with Gasteiger partial charge >= 0.3 is 0 Å². The zero-order chi connectivity index (χ0) is 15.0. The molecule has 1 saturated carbocycles. The summed E-state index contributed by atoms with van der Waals surface area (Å²) in [5, 5.41) is 5.63. The summed E-state index contributed by atoms with van der Waals surface area (Å²) in [5.74, 6) is -0.125. The number of hydrogen-bond acceptors (Lipinski definition) is 5. The number of rotatable bonds is 5. The van der Waals surface area contributed by atoms with Crippen LogP contribution >= 0.6 is 11.3 Å². The first kappa shape index (κ1) is 15.4. The van der Waals surface area contributed by atoms with Crippen molar-refractivity contribution in [2.24, 2.45) is 5.41 Å². The van der Waals surface area contributed by atoms with Crippen molar-refractivity contribution in [3.05, 3.63) is 16.1 Å². The second-order valence-corrected chi connectivity index (χ2v) is 6.89. The lowest BCUT2D eigenvalue weighted by molar-refractivity contribution is -0.177. The van der Waals surface area contributed by atoms with Crippen LogP contribution in [0.4, 0.5) is 0 Å². The second-order valence-electron chi connectivity index (χ2n) is 5.95. The number of carbonyl (C=O) groups is 1. The van der Waals surface area contributed by atoms with Gasteiger partial charge < -0.3 is 14.8 Å². The fraction of sp³-hybridized carbons (Fsp3) is 0.714. The quantitative estimate of drug-likeness (QED) is 0.905. The SMILES string of the molecule is COCc1nc(C(=O)N[C@H]2C[C@](C)(OC)C2(C)C)cs1. The van der Waals surface area contributed by atoms with Gasteiger partial charge in [-0.05, 0) is 13.3 Å². The zero-order valence-electron chi connectivity index (χ0n) is 12.6. The van der Waals surface area contributed by atoms with Gasteiger partial charge in [0, 0.05) is 31.1 Å². The summed E-state index contributed by atoms with van der Waals surface area (Å²) >= 11 is 1.44. The molecule has 0 saturated heterocycles. The van der Waals surface area contributed by atoms with Crippen LogP contribution in [-0.4, -0.2) is 36.8 Å². The van der Waals surface area contributed by atoms with E-state index in [2.05, 4.69) is 31.1 Å². The Bertz CT molecular complexity index is 500. The van der Waals surface area contributed by atoms with Crippen molar-refractivity contribution in [1.82, 2.24) is 10.3 Å². The largest absolute Gasteiger partial charge is 0.378 e. The maximum atomic E-state index is 12.2. The monoisotopic (exact) mass is 298 g/mol.